The van der Waals surface area contributed by atoms with E-state index < -0.39 is 28.0 Å². The molecule has 0 aromatic heterocycles. The maximum atomic E-state index is 13.2. The van der Waals surface area contributed by atoms with Crippen molar-refractivity contribution in [3.63, 3.8) is 0 Å². The zero-order valence-electron chi connectivity index (χ0n) is 9.47. The molecule has 0 saturated carbocycles. The number of hydrogen-bond acceptors (Lipinski definition) is 5. The van der Waals surface area contributed by atoms with Gasteiger partial charge in [-0.3, -0.25) is 14.9 Å². The SMILES string of the molecule is CCOC(=O)Cc1ccc(F)c(C#N)c1[N+](=O)[O-]. The molecular weight excluding hydrogens is 243 g/mol. The minimum Gasteiger partial charge on any atom is -0.466 e. The van der Waals surface area contributed by atoms with E-state index in [0.29, 0.717) is 0 Å². The third-order valence-corrected chi connectivity index (χ3v) is 2.15. The monoisotopic (exact) mass is 252 g/mol. The summed E-state index contributed by atoms with van der Waals surface area (Å²) in [6.45, 7) is 1.73. The largest absolute Gasteiger partial charge is 0.466 e. The van der Waals surface area contributed by atoms with Crippen LogP contribution in [0.25, 0.3) is 0 Å². The van der Waals surface area contributed by atoms with Gasteiger partial charge in [0.15, 0.2) is 5.56 Å². The summed E-state index contributed by atoms with van der Waals surface area (Å²) >= 11 is 0. The molecule has 0 unspecified atom stereocenters. The van der Waals surface area contributed by atoms with Crippen LogP contribution in [0.4, 0.5) is 10.1 Å². The van der Waals surface area contributed by atoms with Gasteiger partial charge < -0.3 is 4.74 Å². The fourth-order valence-electron chi connectivity index (χ4n) is 1.43. The van der Waals surface area contributed by atoms with Crippen molar-refractivity contribution in [3.05, 3.63) is 39.2 Å². The van der Waals surface area contributed by atoms with Crippen molar-refractivity contribution in [3.8, 4) is 6.07 Å². The maximum Gasteiger partial charge on any atom is 0.310 e. The molecule has 0 bridgehead atoms. The number of benzene rings is 1. The van der Waals surface area contributed by atoms with Crippen molar-refractivity contribution in [1.82, 2.24) is 0 Å². The van der Waals surface area contributed by atoms with Crippen LogP contribution in [0.5, 0.6) is 0 Å². The van der Waals surface area contributed by atoms with Gasteiger partial charge in [-0.05, 0) is 19.1 Å². The van der Waals surface area contributed by atoms with Crippen LogP contribution in [0.3, 0.4) is 0 Å². The molecule has 1 aromatic carbocycles. The fraction of sp³-hybridized carbons (Fsp3) is 0.273. The van der Waals surface area contributed by atoms with E-state index in [4.69, 9.17) is 5.26 Å². The Morgan fingerprint density at radius 3 is 2.78 bits per heavy atom. The van der Waals surface area contributed by atoms with Gasteiger partial charge in [0.25, 0.3) is 5.69 Å². The van der Waals surface area contributed by atoms with E-state index in [1.807, 2.05) is 0 Å². The Hall–Kier alpha value is -2.49. The third kappa shape index (κ3) is 2.79. The summed E-state index contributed by atoms with van der Waals surface area (Å²) in [5.74, 6) is -1.66. The number of nitriles is 1. The van der Waals surface area contributed by atoms with Gasteiger partial charge in [-0.25, -0.2) is 4.39 Å². The molecule has 0 aliphatic heterocycles. The number of nitro groups is 1. The zero-order valence-corrected chi connectivity index (χ0v) is 9.47. The molecule has 6 nitrogen and oxygen atoms in total. The van der Waals surface area contributed by atoms with Crippen LogP contribution in [0, 0.1) is 27.3 Å². The highest BCUT2D eigenvalue weighted by Gasteiger charge is 2.25. The first-order chi connectivity index (χ1) is 8.51. The van der Waals surface area contributed by atoms with Crippen molar-refractivity contribution in [2.24, 2.45) is 0 Å². The number of hydrogen-bond donors (Lipinski definition) is 0. The third-order valence-electron chi connectivity index (χ3n) is 2.15. The second-order valence-corrected chi connectivity index (χ2v) is 3.28. The predicted octanol–water partition coefficient (Wildman–Crippen LogP) is 1.71. The molecule has 18 heavy (non-hydrogen) atoms. The number of halogens is 1. The lowest BCUT2D eigenvalue weighted by molar-refractivity contribution is -0.386. The lowest BCUT2D eigenvalue weighted by Gasteiger charge is -2.04. The summed E-state index contributed by atoms with van der Waals surface area (Å²) in [5.41, 5.74) is -1.41. The lowest BCUT2D eigenvalue weighted by Crippen LogP contribution is -2.10. The highest BCUT2D eigenvalue weighted by Crippen LogP contribution is 2.26. The molecule has 7 heteroatoms. The van der Waals surface area contributed by atoms with E-state index >= 15 is 0 Å². The average molecular weight is 252 g/mol. The first-order valence-corrected chi connectivity index (χ1v) is 5.02. The number of ether oxygens (including phenoxy) is 1. The van der Waals surface area contributed by atoms with E-state index in [0.717, 1.165) is 12.1 Å². The van der Waals surface area contributed by atoms with Crippen molar-refractivity contribution in [1.29, 1.82) is 5.26 Å². The average Bonchev–Trinajstić information content (AvgIpc) is 2.30. The van der Waals surface area contributed by atoms with E-state index in [9.17, 15) is 19.3 Å². The Kier molecular flexibility index (Phi) is 4.32. The molecule has 1 aromatic rings. The van der Waals surface area contributed by atoms with E-state index in [-0.39, 0.29) is 18.6 Å². The van der Waals surface area contributed by atoms with Crippen LogP contribution in [0.2, 0.25) is 0 Å². The lowest BCUT2D eigenvalue weighted by atomic mass is 10.0. The molecular formula is C11H9FN2O4. The van der Waals surface area contributed by atoms with Crippen LogP contribution in [-0.2, 0) is 16.0 Å². The molecule has 94 valence electrons. The van der Waals surface area contributed by atoms with Crippen LogP contribution in [-0.4, -0.2) is 17.5 Å². The van der Waals surface area contributed by atoms with Crippen LogP contribution in [0.15, 0.2) is 12.1 Å². The summed E-state index contributed by atoms with van der Waals surface area (Å²) in [6, 6.07) is 3.44. The van der Waals surface area contributed by atoms with Gasteiger partial charge in [-0.1, -0.05) is 0 Å². The molecule has 0 spiro atoms. The summed E-state index contributed by atoms with van der Waals surface area (Å²) in [7, 11) is 0. The smallest absolute Gasteiger partial charge is 0.310 e. The van der Waals surface area contributed by atoms with Gasteiger partial charge >= 0.3 is 5.97 Å². The van der Waals surface area contributed by atoms with Crippen molar-refractivity contribution >= 4 is 11.7 Å². The minimum atomic E-state index is -0.989. The number of rotatable bonds is 4. The second kappa shape index (κ2) is 5.72. The summed E-state index contributed by atoms with van der Waals surface area (Å²) in [6.07, 6.45) is -0.376. The van der Waals surface area contributed by atoms with Gasteiger partial charge in [0.1, 0.15) is 11.9 Å². The fourth-order valence-corrected chi connectivity index (χ4v) is 1.43. The summed E-state index contributed by atoms with van der Waals surface area (Å²) in [5, 5.41) is 19.5. The number of carbonyl (C=O) groups is 1. The molecule has 0 radical (unpaired) electrons. The Morgan fingerprint density at radius 2 is 2.28 bits per heavy atom. The van der Waals surface area contributed by atoms with Gasteiger partial charge in [0, 0.05) is 5.56 Å². The van der Waals surface area contributed by atoms with Gasteiger partial charge in [-0.2, -0.15) is 5.26 Å². The van der Waals surface area contributed by atoms with Gasteiger partial charge in [0.2, 0.25) is 0 Å². The predicted molar refractivity (Wildman–Crippen MR) is 58.1 cm³/mol. The molecule has 0 heterocycles. The number of esters is 1. The minimum absolute atomic E-state index is 0.0450. The molecule has 0 atom stereocenters. The first kappa shape index (κ1) is 13.6. The van der Waals surface area contributed by atoms with Crippen LogP contribution in [0.1, 0.15) is 18.1 Å². The highest BCUT2D eigenvalue weighted by atomic mass is 19.1. The Bertz CT molecular complexity index is 537. The van der Waals surface area contributed by atoms with Crippen molar-refractivity contribution in [2.75, 3.05) is 6.61 Å². The normalized spacial score (nSPS) is 9.61. The highest BCUT2D eigenvalue weighted by molar-refractivity contribution is 5.75. The number of nitrogens with zero attached hydrogens (tertiary/aromatic N) is 2. The maximum absolute atomic E-state index is 13.2. The topological polar surface area (TPSA) is 93.2 Å². The van der Waals surface area contributed by atoms with Gasteiger partial charge in [0.05, 0.1) is 18.0 Å². The second-order valence-electron chi connectivity index (χ2n) is 3.28. The van der Waals surface area contributed by atoms with Crippen molar-refractivity contribution < 1.29 is 18.8 Å². The van der Waals surface area contributed by atoms with Crippen molar-refractivity contribution in [2.45, 2.75) is 13.3 Å². The molecule has 0 fully saturated rings. The molecule has 0 aliphatic rings. The number of carbonyl (C=O) groups excluding carboxylic acids is 1. The molecule has 1 rings (SSSR count). The van der Waals surface area contributed by atoms with Gasteiger partial charge in [-0.15, -0.1) is 0 Å². The van der Waals surface area contributed by atoms with E-state index in [2.05, 4.69) is 4.74 Å². The molecule has 0 aliphatic carbocycles. The standard InChI is InChI=1S/C11H9FN2O4/c1-2-18-10(15)5-7-3-4-9(12)8(6-13)11(7)14(16)17/h3-4H,2,5H2,1H3. The van der Waals surface area contributed by atoms with E-state index in [1.165, 1.54) is 6.07 Å². The summed E-state index contributed by atoms with van der Waals surface area (Å²) < 4.78 is 17.9. The molecule has 0 amide bonds. The number of nitro benzene ring substituents is 1. The molecule has 0 N–H and O–H groups in total. The van der Waals surface area contributed by atoms with Crippen LogP contribution >= 0.6 is 0 Å². The zero-order chi connectivity index (χ0) is 13.7. The summed E-state index contributed by atoms with van der Waals surface area (Å²) in [4.78, 5) is 21.2. The van der Waals surface area contributed by atoms with E-state index in [1.54, 1.807) is 6.92 Å². The first-order valence-electron chi connectivity index (χ1n) is 5.02. The Labute approximate surface area is 102 Å². The Balaban J connectivity index is 3.25. The molecule has 0 saturated heterocycles. The quantitative estimate of drug-likeness (QED) is 0.462. The Morgan fingerprint density at radius 1 is 1.61 bits per heavy atom. The van der Waals surface area contributed by atoms with Crippen LogP contribution < -0.4 is 0 Å².